The van der Waals surface area contributed by atoms with Gasteiger partial charge in [-0.1, -0.05) is 0 Å². The van der Waals surface area contributed by atoms with Crippen molar-refractivity contribution in [3.8, 4) is 6.07 Å². The van der Waals surface area contributed by atoms with E-state index in [9.17, 15) is 8.78 Å². The monoisotopic (exact) mass is 183 g/mol. The third-order valence-electron chi connectivity index (χ3n) is 1.50. The Hall–Kier alpha value is -1.67. The van der Waals surface area contributed by atoms with Crippen molar-refractivity contribution < 1.29 is 8.78 Å². The van der Waals surface area contributed by atoms with Gasteiger partial charge in [0.1, 0.15) is 5.69 Å². The Balaban J connectivity index is 3.33. The van der Waals surface area contributed by atoms with Crippen LogP contribution in [0.25, 0.3) is 0 Å². The van der Waals surface area contributed by atoms with Crippen molar-refractivity contribution in [2.24, 2.45) is 5.84 Å². The van der Waals surface area contributed by atoms with E-state index < -0.39 is 11.6 Å². The minimum absolute atomic E-state index is 0.0689. The second-order valence-corrected chi connectivity index (χ2v) is 2.51. The molecule has 3 nitrogen and oxygen atoms in total. The fourth-order valence-corrected chi connectivity index (χ4v) is 0.967. The fraction of sp³-hybridized carbons (Fsp3) is 0.125. The van der Waals surface area contributed by atoms with Crippen LogP contribution < -0.4 is 10.9 Å². The molecule has 0 unspecified atom stereocenters. The van der Waals surface area contributed by atoms with Gasteiger partial charge in [0, 0.05) is 7.05 Å². The van der Waals surface area contributed by atoms with E-state index in [1.165, 1.54) is 7.05 Å². The number of nitriles is 1. The van der Waals surface area contributed by atoms with Gasteiger partial charge in [-0.3, -0.25) is 0 Å². The van der Waals surface area contributed by atoms with Crippen molar-refractivity contribution in [3.05, 3.63) is 29.3 Å². The molecule has 0 spiro atoms. The minimum Gasteiger partial charge on any atom is -0.309 e. The van der Waals surface area contributed by atoms with E-state index in [2.05, 4.69) is 0 Å². The van der Waals surface area contributed by atoms with Gasteiger partial charge < -0.3 is 5.01 Å². The van der Waals surface area contributed by atoms with E-state index >= 15 is 0 Å². The molecular formula is C8H7F2N3. The normalized spacial score (nSPS) is 9.46. The van der Waals surface area contributed by atoms with Crippen LogP contribution in [0.1, 0.15) is 5.56 Å². The quantitative estimate of drug-likeness (QED) is 0.524. The Labute approximate surface area is 74.0 Å². The van der Waals surface area contributed by atoms with Gasteiger partial charge in [0.2, 0.25) is 0 Å². The third kappa shape index (κ3) is 1.73. The summed E-state index contributed by atoms with van der Waals surface area (Å²) < 4.78 is 26.1. The summed E-state index contributed by atoms with van der Waals surface area (Å²) in [6.45, 7) is 0. The number of nitrogens with zero attached hydrogens (tertiary/aromatic N) is 2. The van der Waals surface area contributed by atoms with Crippen molar-refractivity contribution in [1.82, 2.24) is 0 Å². The van der Waals surface area contributed by atoms with E-state index in [1.54, 1.807) is 6.07 Å². The number of rotatable bonds is 1. The van der Waals surface area contributed by atoms with Crippen molar-refractivity contribution in [3.63, 3.8) is 0 Å². The lowest BCUT2D eigenvalue weighted by molar-refractivity contribution is 0.578. The van der Waals surface area contributed by atoms with Gasteiger partial charge >= 0.3 is 0 Å². The number of hydrazine groups is 1. The summed E-state index contributed by atoms with van der Waals surface area (Å²) >= 11 is 0. The zero-order valence-electron chi connectivity index (χ0n) is 6.88. The second-order valence-electron chi connectivity index (χ2n) is 2.51. The minimum atomic E-state index is -0.846. The number of halogens is 2. The van der Waals surface area contributed by atoms with E-state index in [1.807, 2.05) is 0 Å². The third-order valence-corrected chi connectivity index (χ3v) is 1.50. The lowest BCUT2D eigenvalue weighted by Crippen LogP contribution is -2.27. The van der Waals surface area contributed by atoms with Crippen LogP contribution in [0, 0.1) is 23.0 Å². The molecular weight excluding hydrogens is 176 g/mol. The molecule has 0 aliphatic carbocycles. The first-order valence-electron chi connectivity index (χ1n) is 3.44. The molecule has 1 aromatic rings. The van der Waals surface area contributed by atoms with E-state index in [0.29, 0.717) is 0 Å². The van der Waals surface area contributed by atoms with Gasteiger partial charge in [-0.05, 0) is 12.1 Å². The number of hydrogen-bond acceptors (Lipinski definition) is 3. The van der Waals surface area contributed by atoms with Crippen molar-refractivity contribution in [1.29, 1.82) is 5.26 Å². The molecule has 0 fully saturated rings. The van der Waals surface area contributed by atoms with Gasteiger partial charge in [-0.15, -0.1) is 0 Å². The molecule has 0 atom stereocenters. The highest BCUT2D eigenvalue weighted by Crippen LogP contribution is 2.21. The maximum Gasteiger partial charge on any atom is 0.152 e. The first-order chi connectivity index (χ1) is 6.06. The van der Waals surface area contributed by atoms with Gasteiger partial charge in [-0.25, -0.2) is 14.6 Å². The maximum atomic E-state index is 13.0. The summed E-state index contributed by atoms with van der Waals surface area (Å²) in [5.41, 5.74) is -0.417. The molecule has 0 saturated heterocycles. The molecule has 0 amide bonds. The van der Waals surface area contributed by atoms with Gasteiger partial charge in [-0.2, -0.15) is 5.26 Å². The number of nitrogens with two attached hydrogens (primary N) is 1. The molecule has 0 aromatic heterocycles. The molecule has 0 aliphatic rings. The molecule has 2 N–H and O–H groups in total. The summed E-state index contributed by atoms with van der Waals surface area (Å²) in [6, 6.07) is 3.50. The highest BCUT2D eigenvalue weighted by atomic mass is 19.1. The van der Waals surface area contributed by atoms with Crippen LogP contribution in [0.3, 0.4) is 0 Å². The highest BCUT2D eigenvalue weighted by molar-refractivity contribution is 5.50. The predicted molar refractivity (Wildman–Crippen MR) is 43.7 cm³/mol. The van der Waals surface area contributed by atoms with E-state index in [4.69, 9.17) is 11.1 Å². The average molecular weight is 183 g/mol. The number of anilines is 1. The molecule has 68 valence electrons. The van der Waals surface area contributed by atoms with Crippen LogP contribution in [0.5, 0.6) is 0 Å². The smallest absolute Gasteiger partial charge is 0.152 e. The van der Waals surface area contributed by atoms with Crippen LogP contribution in [0.2, 0.25) is 0 Å². The van der Waals surface area contributed by atoms with Gasteiger partial charge in [0.25, 0.3) is 0 Å². The van der Waals surface area contributed by atoms with Gasteiger partial charge in [0.05, 0.1) is 11.6 Å². The van der Waals surface area contributed by atoms with Crippen LogP contribution in [-0.4, -0.2) is 7.05 Å². The Morgan fingerprint density at radius 3 is 2.15 bits per heavy atom. The second kappa shape index (κ2) is 3.37. The summed E-state index contributed by atoms with van der Waals surface area (Å²) in [7, 11) is 1.31. The fourth-order valence-electron chi connectivity index (χ4n) is 0.967. The molecule has 5 heteroatoms. The maximum absolute atomic E-state index is 13.0. The first kappa shape index (κ1) is 9.42. The molecule has 13 heavy (non-hydrogen) atoms. The summed E-state index contributed by atoms with van der Waals surface area (Å²) in [6.07, 6.45) is 0. The Morgan fingerprint density at radius 2 is 1.85 bits per heavy atom. The van der Waals surface area contributed by atoms with Gasteiger partial charge in [0.15, 0.2) is 11.6 Å². The van der Waals surface area contributed by atoms with Crippen molar-refractivity contribution in [2.75, 3.05) is 12.1 Å². The largest absolute Gasteiger partial charge is 0.309 e. The zero-order valence-corrected chi connectivity index (χ0v) is 6.88. The van der Waals surface area contributed by atoms with E-state index in [-0.39, 0.29) is 11.3 Å². The molecule has 1 rings (SSSR count). The van der Waals surface area contributed by atoms with Crippen molar-refractivity contribution in [2.45, 2.75) is 0 Å². The summed E-state index contributed by atoms with van der Waals surface area (Å²) in [4.78, 5) is 0. The molecule has 0 bridgehead atoms. The SMILES string of the molecule is CN(N)c1c(F)cc(C#N)cc1F. The lowest BCUT2D eigenvalue weighted by atomic mass is 10.2. The molecule has 1 aromatic carbocycles. The Bertz CT molecular complexity index is 345. The molecule has 0 aliphatic heterocycles. The lowest BCUT2D eigenvalue weighted by Gasteiger charge is -2.13. The first-order valence-corrected chi connectivity index (χ1v) is 3.44. The van der Waals surface area contributed by atoms with Crippen LogP contribution in [0.4, 0.5) is 14.5 Å². The van der Waals surface area contributed by atoms with Crippen LogP contribution >= 0.6 is 0 Å². The molecule has 0 saturated carbocycles. The zero-order chi connectivity index (χ0) is 10.0. The van der Waals surface area contributed by atoms with Crippen molar-refractivity contribution >= 4 is 5.69 Å². The molecule has 0 radical (unpaired) electrons. The van der Waals surface area contributed by atoms with Crippen LogP contribution in [0.15, 0.2) is 12.1 Å². The van der Waals surface area contributed by atoms with Crippen LogP contribution in [-0.2, 0) is 0 Å². The average Bonchev–Trinajstić information content (AvgIpc) is 2.02. The Kier molecular flexibility index (Phi) is 2.44. The summed E-state index contributed by atoms with van der Waals surface area (Å²) in [5.74, 6) is 3.49. The topological polar surface area (TPSA) is 53.0 Å². The number of benzene rings is 1. The highest BCUT2D eigenvalue weighted by Gasteiger charge is 2.12. The molecule has 0 heterocycles. The summed E-state index contributed by atoms with van der Waals surface area (Å²) in [5, 5.41) is 9.21. The van der Waals surface area contributed by atoms with E-state index in [0.717, 1.165) is 17.1 Å². The predicted octanol–water partition coefficient (Wildman–Crippen LogP) is 1.15. The Morgan fingerprint density at radius 1 is 1.38 bits per heavy atom. The number of hydrogen-bond donors (Lipinski definition) is 1. The standard InChI is InChI=1S/C8H7F2N3/c1-13(12)8-6(9)2-5(4-11)3-7(8)10/h2-3H,12H2,1H3.